The molecule has 8 heteroatoms. The minimum absolute atomic E-state index is 0.0853. The van der Waals surface area contributed by atoms with Crippen LogP contribution >= 0.6 is 15.9 Å². The van der Waals surface area contributed by atoms with Gasteiger partial charge in [-0.25, -0.2) is 15.3 Å². The van der Waals surface area contributed by atoms with Crippen molar-refractivity contribution in [1.82, 2.24) is 14.8 Å². The number of methoxy groups -OCH3 is 1. The number of hydrogen-bond donors (Lipinski definition) is 2. The first kappa shape index (κ1) is 18.5. The van der Waals surface area contributed by atoms with Crippen LogP contribution in [0.5, 0.6) is 0 Å². The van der Waals surface area contributed by atoms with Crippen molar-refractivity contribution < 1.29 is 9.53 Å². The topological polar surface area (TPSA) is 99.4 Å². The second kappa shape index (κ2) is 7.13. The van der Waals surface area contributed by atoms with Crippen molar-refractivity contribution in [1.29, 1.82) is 0 Å². The van der Waals surface area contributed by atoms with E-state index in [9.17, 15) is 4.79 Å². The quantitative estimate of drug-likeness (QED) is 0.438. The zero-order valence-corrected chi connectivity index (χ0v) is 16.5. The summed E-state index contributed by atoms with van der Waals surface area (Å²) in [5.74, 6) is 5.46. The minimum Gasteiger partial charge on any atom is -0.465 e. The molecule has 4 N–H and O–H groups in total. The van der Waals surface area contributed by atoms with Crippen LogP contribution in [0.1, 0.15) is 34.0 Å². The fraction of sp³-hybridized carbons (Fsp3) is 0.333. The molecule has 1 saturated carbocycles. The van der Waals surface area contributed by atoms with Gasteiger partial charge in [-0.05, 0) is 37.1 Å². The number of hydrazine groups is 1. The predicted octanol–water partition coefficient (Wildman–Crippen LogP) is 2.44. The number of allylic oxidation sites excluding steroid dienone is 1. The summed E-state index contributed by atoms with van der Waals surface area (Å²) in [5.41, 5.74) is 10.1. The molecule has 1 aliphatic rings. The lowest BCUT2D eigenvalue weighted by atomic mass is 10.1. The molecule has 2 atom stereocenters. The standard InChI is InChI=1S/C18H22BrN5O2/c1-10-4-11(19)6-12(5-10)24-17(15(8-22-24)18(25)26-3)14-7-13(14)16(20)9-23(2)21/h4-6,8-9,13-14H,7,20-21H2,1-3H3/b16-9-. The number of aryl methyl sites for hydroxylation is 1. The third-order valence-electron chi connectivity index (χ3n) is 4.41. The molecule has 1 aromatic heterocycles. The summed E-state index contributed by atoms with van der Waals surface area (Å²) in [6, 6.07) is 6.01. The van der Waals surface area contributed by atoms with E-state index in [0.29, 0.717) is 11.3 Å². The first-order valence-corrected chi connectivity index (χ1v) is 8.99. The van der Waals surface area contributed by atoms with Gasteiger partial charge >= 0.3 is 5.97 Å². The number of ether oxygens (including phenoxy) is 1. The van der Waals surface area contributed by atoms with Gasteiger partial charge < -0.3 is 15.5 Å². The second-order valence-corrected chi connectivity index (χ2v) is 7.49. The number of benzene rings is 1. The number of rotatable bonds is 5. The highest BCUT2D eigenvalue weighted by molar-refractivity contribution is 9.10. The molecule has 26 heavy (non-hydrogen) atoms. The van der Waals surface area contributed by atoms with Crippen molar-refractivity contribution in [3.63, 3.8) is 0 Å². The summed E-state index contributed by atoms with van der Waals surface area (Å²) in [7, 11) is 3.09. The van der Waals surface area contributed by atoms with Crippen LogP contribution in [0.2, 0.25) is 0 Å². The van der Waals surface area contributed by atoms with Crippen molar-refractivity contribution in [3.05, 3.63) is 57.6 Å². The van der Waals surface area contributed by atoms with Crippen molar-refractivity contribution >= 4 is 21.9 Å². The highest BCUT2D eigenvalue weighted by Gasteiger charge is 2.45. The van der Waals surface area contributed by atoms with Crippen LogP contribution in [-0.2, 0) is 4.74 Å². The molecule has 0 amide bonds. The highest BCUT2D eigenvalue weighted by atomic mass is 79.9. The number of esters is 1. The summed E-state index contributed by atoms with van der Waals surface area (Å²) in [5, 5.41) is 5.88. The van der Waals surface area contributed by atoms with Gasteiger partial charge in [0.15, 0.2) is 0 Å². The molecular weight excluding hydrogens is 398 g/mol. The molecule has 1 aliphatic carbocycles. The smallest absolute Gasteiger partial charge is 0.341 e. The lowest BCUT2D eigenvalue weighted by Crippen LogP contribution is -2.21. The molecule has 7 nitrogen and oxygen atoms in total. The maximum absolute atomic E-state index is 12.2. The van der Waals surface area contributed by atoms with Gasteiger partial charge in [0.25, 0.3) is 0 Å². The van der Waals surface area contributed by atoms with Gasteiger partial charge in [-0.3, -0.25) is 0 Å². The van der Waals surface area contributed by atoms with Crippen LogP contribution in [0.4, 0.5) is 0 Å². The van der Waals surface area contributed by atoms with Gasteiger partial charge in [0.05, 0.1) is 24.7 Å². The molecule has 0 saturated heterocycles. The third kappa shape index (κ3) is 3.61. The van der Waals surface area contributed by atoms with E-state index >= 15 is 0 Å². The van der Waals surface area contributed by atoms with E-state index in [1.807, 2.05) is 25.1 Å². The number of aromatic nitrogens is 2. The normalized spacial score (nSPS) is 19.3. The molecule has 2 aromatic rings. The molecule has 0 radical (unpaired) electrons. The Balaban J connectivity index is 2.05. The van der Waals surface area contributed by atoms with E-state index in [1.54, 1.807) is 24.1 Å². The van der Waals surface area contributed by atoms with Gasteiger partial charge in [0.1, 0.15) is 5.56 Å². The Morgan fingerprint density at radius 2 is 2.19 bits per heavy atom. The van der Waals surface area contributed by atoms with Crippen LogP contribution in [0.3, 0.4) is 0 Å². The number of hydrogen-bond acceptors (Lipinski definition) is 6. The van der Waals surface area contributed by atoms with Crippen LogP contribution in [0.25, 0.3) is 5.69 Å². The third-order valence-corrected chi connectivity index (χ3v) is 4.86. The minimum atomic E-state index is -0.401. The van der Waals surface area contributed by atoms with Crippen molar-refractivity contribution in [2.24, 2.45) is 17.5 Å². The number of carbonyl (C=O) groups excluding carboxylic acids is 1. The van der Waals surface area contributed by atoms with E-state index in [1.165, 1.54) is 12.1 Å². The van der Waals surface area contributed by atoms with Crippen LogP contribution < -0.4 is 11.6 Å². The van der Waals surface area contributed by atoms with Gasteiger partial charge in [-0.2, -0.15) is 5.10 Å². The molecule has 0 spiro atoms. The van der Waals surface area contributed by atoms with Crippen molar-refractivity contribution in [3.8, 4) is 5.69 Å². The van der Waals surface area contributed by atoms with Gasteiger partial charge in [-0.1, -0.05) is 15.9 Å². The first-order chi connectivity index (χ1) is 12.3. The summed E-state index contributed by atoms with van der Waals surface area (Å²) < 4.78 is 7.69. The number of nitrogens with zero attached hydrogens (tertiary/aromatic N) is 3. The number of carbonyl (C=O) groups is 1. The molecule has 0 aliphatic heterocycles. The first-order valence-electron chi connectivity index (χ1n) is 8.20. The Morgan fingerprint density at radius 3 is 2.81 bits per heavy atom. The maximum atomic E-state index is 12.2. The van der Waals surface area contributed by atoms with Crippen LogP contribution in [0.15, 0.2) is 40.8 Å². The fourth-order valence-electron chi connectivity index (χ4n) is 3.22. The monoisotopic (exact) mass is 419 g/mol. The average Bonchev–Trinajstić information content (AvgIpc) is 3.23. The highest BCUT2D eigenvalue weighted by Crippen LogP contribution is 2.51. The van der Waals surface area contributed by atoms with Crippen molar-refractivity contribution in [2.75, 3.05) is 14.2 Å². The Labute approximate surface area is 160 Å². The number of nitrogens with two attached hydrogens (primary N) is 2. The van der Waals surface area contributed by atoms with E-state index in [4.69, 9.17) is 16.3 Å². The van der Waals surface area contributed by atoms with Gasteiger partial charge in [-0.15, -0.1) is 0 Å². The number of halogens is 1. The molecule has 0 bridgehead atoms. The largest absolute Gasteiger partial charge is 0.465 e. The van der Waals surface area contributed by atoms with E-state index in [2.05, 4.69) is 21.0 Å². The summed E-state index contributed by atoms with van der Waals surface area (Å²) in [6.45, 7) is 2.01. The van der Waals surface area contributed by atoms with E-state index < -0.39 is 5.97 Å². The van der Waals surface area contributed by atoms with Crippen LogP contribution in [0, 0.1) is 12.8 Å². The Morgan fingerprint density at radius 1 is 1.46 bits per heavy atom. The Bertz CT molecular complexity index is 854. The predicted molar refractivity (Wildman–Crippen MR) is 102 cm³/mol. The summed E-state index contributed by atoms with van der Waals surface area (Å²) >= 11 is 3.52. The molecule has 1 fully saturated rings. The van der Waals surface area contributed by atoms with Crippen molar-refractivity contribution in [2.45, 2.75) is 19.3 Å². The SMILES string of the molecule is COC(=O)c1cnn(-c2cc(C)cc(Br)c2)c1C1CC1/C(N)=C/N(C)N. The molecule has 1 aromatic carbocycles. The second-order valence-electron chi connectivity index (χ2n) is 6.58. The average molecular weight is 420 g/mol. The lowest BCUT2D eigenvalue weighted by molar-refractivity contribution is 0.0599. The van der Waals surface area contributed by atoms with E-state index in [-0.39, 0.29) is 11.8 Å². The Kier molecular flexibility index (Phi) is 5.06. The molecule has 1 heterocycles. The van der Waals surface area contributed by atoms with E-state index in [0.717, 1.165) is 27.8 Å². The Hall–Kier alpha value is -2.32. The zero-order chi connectivity index (χ0) is 19.0. The molecule has 2 unspecified atom stereocenters. The molecule has 138 valence electrons. The van der Waals surface area contributed by atoms with Crippen LogP contribution in [-0.4, -0.2) is 34.9 Å². The summed E-state index contributed by atoms with van der Waals surface area (Å²) in [4.78, 5) is 12.2. The molecular formula is C18H22BrN5O2. The fourth-order valence-corrected chi connectivity index (χ4v) is 3.82. The summed E-state index contributed by atoms with van der Waals surface area (Å²) in [6.07, 6.45) is 4.09. The lowest BCUT2D eigenvalue weighted by Gasteiger charge is -2.12. The van der Waals surface area contributed by atoms with Gasteiger partial charge in [0.2, 0.25) is 0 Å². The van der Waals surface area contributed by atoms with Gasteiger partial charge in [0, 0.05) is 35.3 Å². The molecule has 3 rings (SSSR count). The maximum Gasteiger partial charge on any atom is 0.341 e. The zero-order valence-electron chi connectivity index (χ0n) is 14.9.